The number of anilines is 1. The van der Waals surface area contributed by atoms with Gasteiger partial charge in [0.1, 0.15) is 0 Å². The third-order valence-corrected chi connectivity index (χ3v) is 7.73. The fraction of sp³-hybridized carbons (Fsp3) is 0.500. The molecule has 2 aliphatic rings. The maximum atomic E-state index is 5.49. The molecule has 5 rings (SSSR count). The van der Waals surface area contributed by atoms with E-state index in [1.165, 1.54) is 16.8 Å². The Labute approximate surface area is 233 Å². The van der Waals surface area contributed by atoms with Crippen LogP contribution >= 0.6 is 0 Å². The summed E-state index contributed by atoms with van der Waals surface area (Å²) in [5.74, 6) is 0.923. The number of ether oxygens (including phenoxy) is 1. The van der Waals surface area contributed by atoms with Gasteiger partial charge in [0.05, 0.1) is 36.5 Å². The van der Waals surface area contributed by atoms with Gasteiger partial charge in [0.25, 0.3) is 0 Å². The van der Waals surface area contributed by atoms with Crippen LogP contribution in [0.4, 0.5) is 5.95 Å². The van der Waals surface area contributed by atoms with Gasteiger partial charge in [0.2, 0.25) is 5.95 Å². The number of rotatable bonds is 11. The Bertz CT molecular complexity index is 1330. The molecule has 3 aromatic rings. The Morgan fingerprint density at radius 3 is 2.67 bits per heavy atom. The lowest BCUT2D eigenvalue weighted by Gasteiger charge is -2.26. The minimum Gasteiger partial charge on any atom is -0.379 e. The van der Waals surface area contributed by atoms with E-state index in [9.17, 15) is 0 Å². The van der Waals surface area contributed by atoms with Crippen molar-refractivity contribution in [1.29, 1.82) is 0 Å². The maximum Gasteiger partial charge on any atom is 0.204 e. The van der Waals surface area contributed by atoms with Gasteiger partial charge in [-0.25, -0.2) is 4.98 Å². The average Bonchev–Trinajstić information content (AvgIpc) is 3.47. The Balaban J connectivity index is 1.38. The second-order valence-electron chi connectivity index (χ2n) is 11.1. The number of nitrogens with zero attached hydrogens (tertiary/aromatic N) is 5. The first-order valence-electron chi connectivity index (χ1n) is 14.6. The molecule has 0 aliphatic carbocycles. The third-order valence-electron chi connectivity index (χ3n) is 7.73. The Morgan fingerprint density at radius 1 is 1.05 bits per heavy atom. The average molecular weight is 529 g/mol. The lowest BCUT2D eigenvalue weighted by Crippen LogP contribution is -2.37. The number of morpholine rings is 1. The first-order valence-corrected chi connectivity index (χ1v) is 14.6. The van der Waals surface area contributed by atoms with E-state index in [0.29, 0.717) is 6.54 Å². The first kappa shape index (κ1) is 27.4. The molecular formula is C32H44N6O. The summed E-state index contributed by atoms with van der Waals surface area (Å²) in [5.41, 5.74) is 9.93. The van der Waals surface area contributed by atoms with Crippen molar-refractivity contribution in [3.63, 3.8) is 0 Å². The van der Waals surface area contributed by atoms with E-state index in [-0.39, 0.29) is 0 Å². The number of fused-ring (bicyclic) bond motifs is 1. The molecule has 1 aromatic carbocycles. The van der Waals surface area contributed by atoms with Crippen LogP contribution in [0.1, 0.15) is 57.0 Å². The molecule has 39 heavy (non-hydrogen) atoms. The van der Waals surface area contributed by atoms with Crippen molar-refractivity contribution >= 4 is 17.0 Å². The second-order valence-corrected chi connectivity index (χ2v) is 11.1. The molecule has 0 saturated carbocycles. The van der Waals surface area contributed by atoms with Crippen LogP contribution in [0.3, 0.4) is 0 Å². The quantitative estimate of drug-likeness (QED) is 0.320. The summed E-state index contributed by atoms with van der Waals surface area (Å²) in [6.45, 7) is 17.1. The zero-order valence-corrected chi connectivity index (χ0v) is 24.2. The van der Waals surface area contributed by atoms with E-state index in [2.05, 4.69) is 89.9 Å². The molecule has 0 radical (unpaired) electrons. The lowest BCUT2D eigenvalue weighted by molar-refractivity contribution is 0.0378. The molecule has 2 aliphatic heterocycles. The van der Waals surface area contributed by atoms with Crippen LogP contribution in [-0.4, -0.2) is 70.3 Å². The molecule has 0 bridgehead atoms. The largest absolute Gasteiger partial charge is 0.379 e. The van der Waals surface area contributed by atoms with Crippen molar-refractivity contribution in [2.75, 3.05) is 51.3 Å². The van der Waals surface area contributed by atoms with Gasteiger partial charge >= 0.3 is 0 Å². The van der Waals surface area contributed by atoms with Crippen LogP contribution in [0, 0.1) is 6.92 Å². The van der Waals surface area contributed by atoms with Gasteiger partial charge in [-0.1, -0.05) is 24.6 Å². The van der Waals surface area contributed by atoms with E-state index in [4.69, 9.17) is 14.7 Å². The highest BCUT2D eigenvalue weighted by molar-refractivity contribution is 5.79. The SMILES string of the molecule is CCC1=C(C=C(C)C)N(Cc2ccc3nc(NCCCN4CCOCC4)n(Cc4cccc(C)n4)c3c2)CC1. The number of allylic oxidation sites excluding steroid dienone is 2. The number of imidazole rings is 1. The molecule has 208 valence electrons. The van der Waals surface area contributed by atoms with Crippen LogP contribution in [0.15, 0.2) is 59.3 Å². The predicted molar refractivity (Wildman–Crippen MR) is 160 cm³/mol. The second kappa shape index (κ2) is 12.8. The van der Waals surface area contributed by atoms with E-state index in [1.54, 1.807) is 5.57 Å². The van der Waals surface area contributed by atoms with Gasteiger partial charge in [-0.15, -0.1) is 0 Å². The number of benzene rings is 1. The van der Waals surface area contributed by atoms with Crippen LogP contribution in [0.25, 0.3) is 11.0 Å². The van der Waals surface area contributed by atoms with E-state index < -0.39 is 0 Å². The third kappa shape index (κ3) is 6.89. The van der Waals surface area contributed by atoms with Gasteiger partial charge in [0.15, 0.2) is 0 Å². The first-order chi connectivity index (χ1) is 19.0. The van der Waals surface area contributed by atoms with Crippen LogP contribution in [0.2, 0.25) is 0 Å². The van der Waals surface area contributed by atoms with Gasteiger partial charge in [-0.3, -0.25) is 9.88 Å². The Hall–Kier alpha value is -3.16. The molecule has 1 fully saturated rings. The highest BCUT2D eigenvalue weighted by Crippen LogP contribution is 2.30. The van der Waals surface area contributed by atoms with Crippen molar-refractivity contribution < 1.29 is 4.74 Å². The van der Waals surface area contributed by atoms with Gasteiger partial charge in [-0.05, 0) is 88.1 Å². The van der Waals surface area contributed by atoms with Crippen LogP contribution < -0.4 is 5.32 Å². The molecule has 0 amide bonds. The predicted octanol–water partition coefficient (Wildman–Crippen LogP) is 5.76. The van der Waals surface area contributed by atoms with Crippen molar-refractivity contribution in [2.45, 2.75) is 60.0 Å². The normalized spacial score (nSPS) is 16.4. The molecule has 7 heteroatoms. The van der Waals surface area contributed by atoms with Crippen LogP contribution in [-0.2, 0) is 17.8 Å². The van der Waals surface area contributed by atoms with Gasteiger partial charge in [0, 0.05) is 44.1 Å². The number of pyridine rings is 1. The number of nitrogens with one attached hydrogen (secondary N) is 1. The van der Waals surface area contributed by atoms with Crippen molar-refractivity contribution in [1.82, 2.24) is 24.3 Å². The summed E-state index contributed by atoms with van der Waals surface area (Å²) in [5, 5.41) is 3.65. The number of hydrogen-bond acceptors (Lipinski definition) is 6. The topological polar surface area (TPSA) is 58.5 Å². The molecule has 1 saturated heterocycles. The smallest absolute Gasteiger partial charge is 0.204 e. The molecule has 4 heterocycles. The van der Waals surface area contributed by atoms with Crippen molar-refractivity contribution in [2.24, 2.45) is 0 Å². The summed E-state index contributed by atoms with van der Waals surface area (Å²) >= 11 is 0. The van der Waals surface area contributed by atoms with Gasteiger partial charge in [-0.2, -0.15) is 0 Å². The summed E-state index contributed by atoms with van der Waals surface area (Å²) in [7, 11) is 0. The zero-order chi connectivity index (χ0) is 27.2. The standard InChI is InChI=1S/C32H44N6O/c1-5-27-12-15-37(30(27)20-24(2)3)22-26-10-11-29-31(21-26)38(23-28-9-6-8-25(4)34-28)32(35-29)33-13-7-14-36-16-18-39-19-17-36/h6,8-11,20-21H,5,7,12-19,22-23H2,1-4H3,(H,33,35). The minimum absolute atomic E-state index is 0.694. The summed E-state index contributed by atoms with van der Waals surface area (Å²) < 4.78 is 7.80. The van der Waals surface area contributed by atoms with Crippen molar-refractivity contribution in [3.05, 3.63) is 76.3 Å². The number of aryl methyl sites for hydroxylation is 1. The maximum absolute atomic E-state index is 5.49. The highest BCUT2D eigenvalue weighted by atomic mass is 16.5. The highest BCUT2D eigenvalue weighted by Gasteiger charge is 2.21. The molecule has 1 N–H and O–H groups in total. The van der Waals surface area contributed by atoms with Gasteiger partial charge < -0.3 is 19.5 Å². The summed E-state index contributed by atoms with van der Waals surface area (Å²) in [6.07, 6.45) is 5.71. The fourth-order valence-corrected chi connectivity index (χ4v) is 5.69. The summed E-state index contributed by atoms with van der Waals surface area (Å²) in [4.78, 5) is 14.9. The molecule has 7 nitrogen and oxygen atoms in total. The molecule has 0 unspecified atom stereocenters. The molecule has 0 atom stereocenters. The van der Waals surface area contributed by atoms with E-state index in [0.717, 1.165) is 100 Å². The van der Waals surface area contributed by atoms with Crippen LogP contribution in [0.5, 0.6) is 0 Å². The zero-order valence-electron chi connectivity index (χ0n) is 24.2. The summed E-state index contributed by atoms with van der Waals surface area (Å²) in [6, 6.07) is 13.0. The minimum atomic E-state index is 0.694. The van der Waals surface area contributed by atoms with Crippen molar-refractivity contribution in [3.8, 4) is 0 Å². The Kier molecular flexibility index (Phi) is 8.99. The lowest BCUT2D eigenvalue weighted by atomic mass is 10.1. The van der Waals surface area contributed by atoms with E-state index >= 15 is 0 Å². The monoisotopic (exact) mass is 528 g/mol. The molecule has 0 spiro atoms. The van der Waals surface area contributed by atoms with E-state index in [1.807, 2.05) is 0 Å². The fourth-order valence-electron chi connectivity index (χ4n) is 5.69. The Morgan fingerprint density at radius 2 is 1.90 bits per heavy atom. The molecule has 2 aromatic heterocycles. The molecular weight excluding hydrogens is 484 g/mol. The number of hydrogen-bond donors (Lipinski definition) is 1. The number of aromatic nitrogens is 3.